The number of hydrazine groups is 1. The van der Waals surface area contributed by atoms with Crippen LogP contribution in [-0.2, 0) is 48.0 Å². The molecule has 7 heterocycles. The maximum absolute atomic E-state index is 14.8. The van der Waals surface area contributed by atoms with E-state index in [-0.39, 0.29) is 48.9 Å². The Hall–Kier alpha value is -5.87. The zero-order chi connectivity index (χ0) is 52.7. The number of rotatable bonds is 9. The SMILES string of the molecule is CCn1c(-c2cccnc2[C@H](C)OC)c2c3cc(ccc31)-c1csc(n1)C[C@H](NC(=O)[C@H](C(C)C)N(C)C(=O)N1C[C@@H]3CN(C(=O)C#CC(C)(C)N(C)C)CC[C@@H]31)C(=O)N1CCC[C@H](N1)C(=O)OCC(C)(C)C2. The van der Waals surface area contributed by atoms with Gasteiger partial charge in [0.05, 0.1) is 40.3 Å². The molecule has 3 saturated heterocycles. The van der Waals surface area contributed by atoms with Crippen molar-refractivity contribution in [2.75, 3.05) is 61.0 Å². The molecule has 0 unspecified atom stereocenters. The number of hydrogen-bond donors (Lipinski definition) is 2. The molecule has 18 heteroatoms. The maximum Gasteiger partial charge on any atom is 0.324 e. The van der Waals surface area contributed by atoms with Crippen LogP contribution >= 0.6 is 11.3 Å². The van der Waals surface area contributed by atoms with Gasteiger partial charge in [-0.1, -0.05) is 39.7 Å². The van der Waals surface area contributed by atoms with E-state index in [0.717, 1.165) is 44.7 Å². The highest BCUT2D eigenvalue weighted by Gasteiger charge is 2.48. The van der Waals surface area contributed by atoms with Gasteiger partial charge in [0.2, 0.25) is 5.91 Å². The van der Waals surface area contributed by atoms with Gasteiger partial charge < -0.3 is 34.1 Å². The third-order valence-corrected chi connectivity index (χ3v) is 16.3. The average Bonchev–Trinajstić information content (AvgIpc) is 3.95. The number of aryl methyl sites for hydroxylation is 1. The lowest BCUT2D eigenvalue weighted by atomic mass is 9.82. The van der Waals surface area contributed by atoms with Crippen LogP contribution in [0.2, 0.25) is 0 Å². The van der Waals surface area contributed by atoms with Gasteiger partial charge >= 0.3 is 12.0 Å². The van der Waals surface area contributed by atoms with Crippen molar-refractivity contribution in [1.29, 1.82) is 0 Å². The molecule has 0 spiro atoms. The largest absolute Gasteiger partial charge is 0.464 e. The van der Waals surface area contributed by atoms with Crippen molar-refractivity contribution < 1.29 is 33.4 Å². The normalized spacial score (nSPS) is 22.1. The van der Waals surface area contributed by atoms with Gasteiger partial charge in [0, 0.05) is 104 Å². The van der Waals surface area contributed by atoms with E-state index in [1.165, 1.54) is 21.2 Å². The van der Waals surface area contributed by atoms with Crippen LogP contribution in [0.5, 0.6) is 0 Å². The molecule has 3 aromatic heterocycles. The minimum absolute atomic E-state index is 0.0704. The van der Waals surface area contributed by atoms with E-state index < -0.39 is 46.9 Å². The Morgan fingerprint density at radius 3 is 2.55 bits per heavy atom. The molecular formula is C55H74N10O7S. The molecule has 3 fully saturated rings. The van der Waals surface area contributed by atoms with Crippen molar-refractivity contribution in [1.82, 2.24) is 49.9 Å². The van der Waals surface area contributed by atoms with Gasteiger partial charge in [-0.05, 0) is 109 Å². The average molecular weight is 1020 g/mol. The fraction of sp³-hybridized carbons (Fsp3) is 0.582. The van der Waals surface area contributed by atoms with Gasteiger partial charge in [-0.15, -0.1) is 11.3 Å². The van der Waals surface area contributed by atoms with Crippen molar-refractivity contribution in [3.05, 3.63) is 58.2 Å². The minimum Gasteiger partial charge on any atom is -0.464 e. The second-order valence-corrected chi connectivity index (χ2v) is 23.0. The maximum atomic E-state index is 14.8. The van der Waals surface area contributed by atoms with Crippen LogP contribution in [0.4, 0.5) is 4.79 Å². The van der Waals surface area contributed by atoms with Crippen molar-refractivity contribution in [3.8, 4) is 34.4 Å². The second-order valence-electron chi connectivity index (χ2n) is 22.1. The van der Waals surface area contributed by atoms with Crippen molar-refractivity contribution in [3.63, 3.8) is 0 Å². The van der Waals surface area contributed by atoms with E-state index in [1.54, 1.807) is 30.2 Å². The minimum atomic E-state index is -1.09. The lowest BCUT2D eigenvalue weighted by molar-refractivity contribution is -0.155. The Bertz CT molecular complexity index is 2810. The van der Waals surface area contributed by atoms with Gasteiger partial charge in [0.1, 0.15) is 18.1 Å². The number of pyridine rings is 1. The number of nitrogens with one attached hydrogen (secondary N) is 2. The number of likely N-dealkylation sites (tertiary alicyclic amines) is 2. The monoisotopic (exact) mass is 1020 g/mol. The number of thiazole rings is 1. The lowest BCUT2D eigenvalue weighted by Crippen LogP contribution is -2.68. The molecule has 392 valence electrons. The molecular weight excluding hydrogens is 945 g/mol. The number of cyclic esters (lactones) is 1. The predicted molar refractivity (Wildman–Crippen MR) is 282 cm³/mol. The third kappa shape index (κ3) is 11.0. The molecule has 0 aliphatic carbocycles. The van der Waals surface area contributed by atoms with Crippen LogP contribution < -0.4 is 10.7 Å². The van der Waals surface area contributed by atoms with E-state index in [4.69, 9.17) is 19.4 Å². The first-order valence-electron chi connectivity index (χ1n) is 25.8. The number of carbonyl (C=O) groups is 5. The highest BCUT2D eigenvalue weighted by atomic mass is 32.1. The van der Waals surface area contributed by atoms with Gasteiger partial charge in [0.15, 0.2) is 0 Å². The van der Waals surface area contributed by atoms with Gasteiger partial charge in [-0.2, -0.15) is 0 Å². The van der Waals surface area contributed by atoms with Crippen molar-refractivity contribution in [2.24, 2.45) is 17.3 Å². The van der Waals surface area contributed by atoms with Crippen molar-refractivity contribution >= 4 is 52.0 Å². The third-order valence-electron chi connectivity index (χ3n) is 15.4. The Labute approximate surface area is 434 Å². The number of likely N-dealkylation sites (N-methyl/N-ethyl adjacent to an activating group) is 1. The summed E-state index contributed by atoms with van der Waals surface area (Å²) in [5.41, 5.74) is 8.83. The van der Waals surface area contributed by atoms with Crippen LogP contribution in [-0.4, -0.2) is 160 Å². The van der Waals surface area contributed by atoms with E-state index >= 15 is 0 Å². The molecule has 8 rings (SSSR count). The molecule has 17 nitrogen and oxygen atoms in total. The first-order valence-corrected chi connectivity index (χ1v) is 26.7. The summed E-state index contributed by atoms with van der Waals surface area (Å²) in [5.74, 6) is 4.16. The molecule has 0 saturated carbocycles. The number of carbonyl (C=O) groups excluding carboxylic acids is 5. The Balaban J connectivity index is 1.07. The number of aromatic nitrogens is 3. The number of methoxy groups -OCH3 is 1. The number of piperidine rings is 1. The fourth-order valence-electron chi connectivity index (χ4n) is 10.7. The summed E-state index contributed by atoms with van der Waals surface area (Å²) in [6.07, 6.45) is 3.79. The van der Waals surface area contributed by atoms with Gasteiger partial charge in [-0.25, -0.2) is 15.2 Å². The molecule has 2 N–H and O–H groups in total. The van der Waals surface area contributed by atoms with Crippen molar-refractivity contribution in [2.45, 2.75) is 130 Å². The number of ether oxygens (including phenoxy) is 2. The zero-order valence-electron chi connectivity index (χ0n) is 44.7. The summed E-state index contributed by atoms with van der Waals surface area (Å²) in [6, 6.07) is 7.29. The van der Waals surface area contributed by atoms with E-state index in [1.807, 2.05) is 65.1 Å². The summed E-state index contributed by atoms with van der Waals surface area (Å²) >= 11 is 1.41. The van der Waals surface area contributed by atoms with Crippen LogP contribution in [0, 0.1) is 29.1 Å². The predicted octanol–water partition coefficient (Wildman–Crippen LogP) is 6.16. The molecule has 0 radical (unpaired) electrons. The molecule has 4 aliphatic rings. The lowest BCUT2D eigenvalue weighted by Gasteiger charge is -2.54. The number of benzene rings is 1. The fourth-order valence-corrected chi connectivity index (χ4v) is 11.6. The summed E-state index contributed by atoms with van der Waals surface area (Å²) in [4.78, 5) is 87.8. The Morgan fingerprint density at radius 2 is 1.85 bits per heavy atom. The second kappa shape index (κ2) is 21.5. The highest BCUT2D eigenvalue weighted by molar-refractivity contribution is 7.10. The first-order chi connectivity index (χ1) is 34.6. The van der Waals surface area contributed by atoms with E-state index in [2.05, 4.69) is 72.2 Å². The summed E-state index contributed by atoms with van der Waals surface area (Å²) < 4.78 is 14.3. The Morgan fingerprint density at radius 1 is 1.08 bits per heavy atom. The summed E-state index contributed by atoms with van der Waals surface area (Å²) in [7, 11) is 7.18. The molecule has 5 amide bonds. The first kappa shape index (κ1) is 53.4. The number of amides is 5. The van der Waals surface area contributed by atoms with Gasteiger partial charge in [0.25, 0.3) is 11.8 Å². The number of esters is 1. The van der Waals surface area contributed by atoms with Crippen LogP contribution in [0.1, 0.15) is 97.0 Å². The number of hydrogen-bond acceptors (Lipinski definition) is 12. The van der Waals surface area contributed by atoms with E-state index in [0.29, 0.717) is 63.4 Å². The van der Waals surface area contributed by atoms with Gasteiger partial charge in [-0.3, -0.25) is 34.1 Å². The van der Waals surface area contributed by atoms with E-state index in [9.17, 15) is 24.0 Å². The summed E-state index contributed by atoms with van der Waals surface area (Å²) in [5, 5.41) is 8.17. The van der Waals surface area contributed by atoms with Crippen LogP contribution in [0.25, 0.3) is 33.4 Å². The zero-order valence-corrected chi connectivity index (χ0v) is 45.5. The molecule has 6 bridgehead atoms. The molecule has 1 aromatic carbocycles. The van der Waals surface area contributed by atoms with Crippen LogP contribution in [0.15, 0.2) is 41.9 Å². The van der Waals surface area contributed by atoms with Crippen LogP contribution in [0.3, 0.4) is 0 Å². The topological polar surface area (TPSA) is 175 Å². The standard InChI is InChI=1S/C55H74N10O7S/c1-13-63-44-19-18-35-26-38(44)39(49(63)37-16-14-23-56-47(37)34(4)71-12)28-54(5,6)32-72-52(69)40-17-15-24-65(59-40)51(68)41(27-45-57-42(35)31-73-45)58-50(67)48(33(2)3)61(11)53(70)64-30-36-29-62(25-21-43(36)64)46(66)20-22-55(7,8)60(9)10/h14,16,18-19,23,26,31,33-34,36,40-41,43,48,59H,13,15,17,21,24-25,27-30,32H2,1-12H3,(H,58,67)/t34-,36-,40-,41-,43-,48-/m0/s1. The Kier molecular flexibility index (Phi) is 15.8. The number of fused-ring (bicyclic) bond motifs is 7. The summed E-state index contributed by atoms with van der Waals surface area (Å²) in [6.45, 7) is 18.6. The quantitative estimate of drug-likeness (QED) is 0.145. The molecule has 4 aliphatic heterocycles. The smallest absolute Gasteiger partial charge is 0.324 e. The molecule has 73 heavy (non-hydrogen) atoms. The number of nitrogens with zero attached hydrogens (tertiary/aromatic N) is 8. The molecule has 4 aromatic rings. The molecule has 6 atom stereocenters. The number of urea groups is 1. The highest BCUT2D eigenvalue weighted by Crippen LogP contribution is 2.42.